The molecule has 1 aliphatic rings. The number of amides is 1. The molecule has 1 aromatic heterocycles. The number of rotatable bonds is 4. The van der Waals surface area contributed by atoms with Gasteiger partial charge in [0.1, 0.15) is 5.76 Å². The van der Waals surface area contributed by atoms with Crippen molar-refractivity contribution >= 4 is 11.9 Å². The zero-order valence-corrected chi connectivity index (χ0v) is 11.5. The predicted molar refractivity (Wildman–Crippen MR) is 66.2 cm³/mol. The molecule has 0 spiro atoms. The van der Waals surface area contributed by atoms with E-state index in [0.29, 0.717) is 12.3 Å². The summed E-state index contributed by atoms with van der Waals surface area (Å²) in [6.45, 7) is 7.50. The van der Waals surface area contributed by atoms with Gasteiger partial charge < -0.3 is 14.9 Å². The lowest BCUT2D eigenvalue weighted by molar-refractivity contribution is -0.140. The number of carboxylic acid groups (broad SMARTS) is 1. The van der Waals surface area contributed by atoms with Crippen LogP contribution in [0.5, 0.6) is 0 Å². The van der Waals surface area contributed by atoms with Crippen LogP contribution in [0.4, 0.5) is 0 Å². The third-order valence-corrected chi connectivity index (χ3v) is 4.00. The highest BCUT2D eigenvalue weighted by molar-refractivity contribution is 5.91. The lowest BCUT2D eigenvalue weighted by Gasteiger charge is -2.05. The van der Waals surface area contributed by atoms with E-state index in [1.54, 1.807) is 27.7 Å². The predicted octanol–water partition coefficient (Wildman–Crippen LogP) is 1.26. The maximum absolute atomic E-state index is 12.0. The van der Waals surface area contributed by atoms with Gasteiger partial charge in [0, 0.05) is 12.1 Å². The second-order valence-corrected chi connectivity index (χ2v) is 5.64. The standard InChI is InChI=1S/C13H18N2O4/c1-6-8(7(2)19-15-6)5-14-11(16)9-10(12(17)18)13(9,3)4/h9-10H,5H2,1-4H3,(H,14,16)(H,17,18)/t9-,10+/m0/s1. The Morgan fingerprint density at radius 2 is 2.00 bits per heavy atom. The van der Waals surface area contributed by atoms with Crippen molar-refractivity contribution in [3.63, 3.8) is 0 Å². The van der Waals surface area contributed by atoms with Crippen LogP contribution in [0.3, 0.4) is 0 Å². The minimum absolute atomic E-state index is 0.225. The van der Waals surface area contributed by atoms with Gasteiger partial charge in [-0.3, -0.25) is 9.59 Å². The zero-order chi connectivity index (χ0) is 14.4. The summed E-state index contributed by atoms with van der Waals surface area (Å²) < 4.78 is 5.01. The van der Waals surface area contributed by atoms with E-state index in [1.165, 1.54) is 0 Å². The van der Waals surface area contributed by atoms with Gasteiger partial charge in [-0.1, -0.05) is 19.0 Å². The molecule has 1 fully saturated rings. The molecule has 1 amide bonds. The Balaban J connectivity index is 1.99. The van der Waals surface area contributed by atoms with Crippen molar-refractivity contribution in [2.24, 2.45) is 17.3 Å². The first-order valence-electron chi connectivity index (χ1n) is 6.19. The maximum atomic E-state index is 12.0. The molecule has 0 aliphatic heterocycles. The van der Waals surface area contributed by atoms with Crippen molar-refractivity contribution in [3.8, 4) is 0 Å². The first kappa shape index (κ1) is 13.6. The summed E-state index contributed by atoms with van der Waals surface area (Å²) in [5.41, 5.74) is 1.11. The first-order valence-corrected chi connectivity index (χ1v) is 6.19. The van der Waals surface area contributed by atoms with E-state index in [1.807, 2.05) is 0 Å². The molecule has 1 heterocycles. The van der Waals surface area contributed by atoms with E-state index >= 15 is 0 Å². The van der Waals surface area contributed by atoms with Crippen molar-refractivity contribution < 1.29 is 19.2 Å². The fourth-order valence-corrected chi connectivity index (χ4v) is 2.63. The van der Waals surface area contributed by atoms with Crippen molar-refractivity contribution in [2.75, 3.05) is 0 Å². The van der Waals surface area contributed by atoms with Crippen LogP contribution in [0.2, 0.25) is 0 Å². The summed E-state index contributed by atoms with van der Waals surface area (Å²) in [6.07, 6.45) is 0. The van der Waals surface area contributed by atoms with E-state index in [2.05, 4.69) is 10.5 Å². The normalized spacial score (nSPS) is 24.0. The Kier molecular flexibility index (Phi) is 3.12. The SMILES string of the molecule is Cc1noc(C)c1CNC(=O)[C@@H]1[C@H](C(=O)O)C1(C)C. The number of aromatic nitrogens is 1. The van der Waals surface area contributed by atoms with Crippen molar-refractivity contribution in [2.45, 2.75) is 34.2 Å². The summed E-state index contributed by atoms with van der Waals surface area (Å²) in [7, 11) is 0. The monoisotopic (exact) mass is 266 g/mol. The minimum atomic E-state index is -0.914. The summed E-state index contributed by atoms with van der Waals surface area (Å²) >= 11 is 0. The topological polar surface area (TPSA) is 92.4 Å². The summed E-state index contributed by atoms with van der Waals surface area (Å²) in [5, 5.41) is 15.6. The van der Waals surface area contributed by atoms with Crippen LogP contribution in [-0.2, 0) is 16.1 Å². The number of carbonyl (C=O) groups is 2. The Morgan fingerprint density at radius 3 is 2.42 bits per heavy atom. The minimum Gasteiger partial charge on any atom is -0.481 e. The van der Waals surface area contributed by atoms with Gasteiger partial charge in [-0.15, -0.1) is 0 Å². The Morgan fingerprint density at radius 1 is 1.37 bits per heavy atom. The highest BCUT2D eigenvalue weighted by atomic mass is 16.5. The van der Waals surface area contributed by atoms with Gasteiger partial charge in [0.2, 0.25) is 5.91 Å². The molecule has 0 radical (unpaired) electrons. The average Bonchev–Trinajstić information content (AvgIpc) is 2.75. The molecule has 2 atom stereocenters. The van der Waals surface area contributed by atoms with Crippen LogP contribution in [0.15, 0.2) is 4.52 Å². The fraction of sp³-hybridized carbons (Fsp3) is 0.615. The van der Waals surface area contributed by atoms with E-state index in [-0.39, 0.29) is 5.91 Å². The quantitative estimate of drug-likeness (QED) is 0.856. The smallest absolute Gasteiger partial charge is 0.307 e. The van der Waals surface area contributed by atoms with E-state index in [9.17, 15) is 9.59 Å². The Labute approximate surface area is 111 Å². The third-order valence-electron chi connectivity index (χ3n) is 4.00. The summed E-state index contributed by atoms with van der Waals surface area (Å²) in [4.78, 5) is 23.1. The molecule has 1 saturated carbocycles. The van der Waals surface area contributed by atoms with Crippen LogP contribution in [0.1, 0.15) is 30.9 Å². The lowest BCUT2D eigenvalue weighted by Crippen LogP contribution is -2.27. The number of aryl methyl sites for hydroxylation is 2. The summed E-state index contributed by atoms with van der Waals surface area (Å²) in [6, 6.07) is 0. The van der Waals surface area contributed by atoms with Crippen LogP contribution in [-0.4, -0.2) is 22.1 Å². The number of nitrogens with zero attached hydrogens (tertiary/aromatic N) is 1. The molecule has 6 nitrogen and oxygen atoms in total. The molecule has 1 aromatic rings. The number of hydrogen-bond donors (Lipinski definition) is 2. The van der Waals surface area contributed by atoms with Gasteiger partial charge in [0.15, 0.2) is 0 Å². The van der Waals surface area contributed by atoms with E-state index < -0.39 is 23.2 Å². The molecule has 104 valence electrons. The molecule has 19 heavy (non-hydrogen) atoms. The molecule has 0 aromatic carbocycles. The number of carbonyl (C=O) groups excluding carboxylic acids is 1. The van der Waals surface area contributed by atoms with Crippen LogP contribution >= 0.6 is 0 Å². The third kappa shape index (κ3) is 2.22. The van der Waals surface area contributed by atoms with Crippen molar-refractivity contribution in [1.29, 1.82) is 0 Å². The highest BCUT2D eigenvalue weighted by Gasteiger charge is 2.65. The van der Waals surface area contributed by atoms with Gasteiger partial charge in [0.05, 0.1) is 17.5 Å². The molecule has 0 unspecified atom stereocenters. The lowest BCUT2D eigenvalue weighted by atomic mass is 10.1. The molecule has 6 heteroatoms. The second-order valence-electron chi connectivity index (χ2n) is 5.64. The zero-order valence-electron chi connectivity index (χ0n) is 11.5. The van der Waals surface area contributed by atoms with Crippen molar-refractivity contribution in [1.82, 2.24) is 10.5 Å². The van der Waals surface area contributed by atoms with Gasteiger partial charge in [-0.05, 0) is 19.3 Å². The van der Waals surface area contributed by atoms with E-state index in [0.717, 1.165) is 11.3 Å². The summed E-state index contributed by atoms with van der Waals surface area (Å²) in [5.74, 6) is -1.54. The average molecular weight is 266 g/mol. The largest absolute Gasteiger partial charge is 0.481 e. The first-order chi connectivity index (χ1) is 8.76. The number of aliphatic carboxylic acids is 1. The fourth-order valence-electron chi connectivity index (χ4n) is 2.63. The van der Waals surface area contributed by atoms with Crippen molar-refractivity contribution in [3.05, 3.63) is 17.0 Å². The Hall–Kier alpha value is -1.85. The molecule has 1 aliphatic carbocycles. The number of hydrogen-bond acceptors (Lipinski definition) is 4. The number of carboxylic acids is 1. The van der Waals surface area contributed by atoms with Gasteiger partial charge >= 0.3 is 5.97 Å². The van der Waals surface area contributed by atoms with Gasteiger partial charge in [-0.2, -0.15) is 0 Å². The molecule has 0 saturated heterocycles. The van der Waals surface area contributed by atoms with E-state index in [4.69, 9.17) is 9.63 Å². The maximum Gasteiger partial charge on any atom is 0.307 e. The van der Waals surface area contributed by atoms with Crippen LogP contribution in [0.25, 0.3) is 0 Å². The molecular formula is C13H18N2O4. The van der Waals surface area contributed by atoms with Crippen LogP contribution < -0.4 is 5.32 Å². The number of nitrogens with one attached hydrogen (secondary N) is 1. The van der Waals surface area contributed by atoms with Gasteiger partial charge in [0.25, 0.3) is 0 Å². The van der Waals surface area contributed by atoms with Crippen LogP contribution in [0, 0.1) is 31.1 Å². The second kappa shape index (κ2) is 4.36. The molecule has 2 rings (SSSR count). The van der Waals surface area contributed by atoms with Gasteiger partial charge in [-0.25, -0.2) is 0 Å². The molecular weight excluding hydrogens is 248 g/mol. The molecule has 2 N–H and O–H groups in total. The highest BCUT2D eigenvalue weighted by Crippen LogP contribution is 2.58. The Bertz CT molecular complexity index is 513. The molecule has 0 bridgehead atoms.